The molecule has 0 radical (unpaired) electrons. The molecule has 0 spiro atoms. The minimum Gasteiger partial charge on any atom is -0.480 e. The minimum atomic E-state index is -1.03. The molecule has 0 aromatic rings. The summed E-state index contributed by atoms with van der Waals surface area (Å²) in [4.78, 5) is 21.1. The number of amides is 1. The molecule has 0 fully saturated rings. The summed E-state index contributed by atoms with van der Waals surface area (Å²) < 4.78 is 9.65. The first kappa shape index (κ1) is 18.1. The summed E-state index contributed by atoms with van der Waals surface area (Å²) >= 11 is 0. The normalized spacial score (nSPS) is 9.94. The van der Waals surface area contributed by atoms with Gasteiger partial charge in [0.05, 0.1) is 6.61 Å². The molecule has 0 rings (SSSR count). The Bertz CT molecular complexity index is 222. The van der Waals surface area contributed by atoms with E-state index in [-0.39, 0.29) is 19.8 Å². The van der Waals surface area contributed by atoms with E-state index in [4.69, 9.17) is 14.6 Å². The molecule has 2 N–H and O–H groups in total. The molecule has 0 unspecified atom stereocenters. The fraction of sp³-hybridized carbons (Fsp3) is 0.818. The third-order valence-electron chi connectivity index (χ3n) is 1.14. The number of alkyl carbamates (subject to hydrolysis) is 1. The van der Waals surface area contributed by atoms with E-state index in [1.54, 1.807) is 20.8 Å². The van der Waals surface area contributed by atoms with Crippen LogP contribution in [0.3, 0.4) is 0 Å². The number of hydrogen-bond donors (Lipinski definition) is 2. The molecule has 1 amide bonds. The number of carboxylic acids is 1. The molecule has 0 atom stereocenters. The second kappa shape index (κ2) is 9.89. The SMILES string of the molecule is CC.CC(C)(C)OC(=O)NCCOCC(=O)O. The van der Waals surface area contributed by atoms with Crippen LogP contribution in [0.5, 0.6) is 0 Å². The zero-order valence-corrected chi connectivity index (χ0v) is 11.2. The Hall–Kier alpha value is -1.30. The monoisotopic (exact) mass is 249 g/mol. The molecule has 102 valence electrons. The molecule has 0 bridgehead atoms. The second-order valence-electron chi connectivity index (χ2n) is 3.87. The van der Waals surface area contributed by atoms with Gasteiger partial charge in [-0.3, -0.25) is 0 Å². The van der Waals surface area contributed by atoms with Crippen molar-refractivity contribution in [3.8, 4) is 0 Å². The van der Waals surface area contributed by atoms with Crippen molar-refractivity contribution < 1.29 is 24.2 Å². The number of carbonyl (C=O) groups excluding carboxylic acids is 1. The Morgan fingerprint density at radius 2 is 1.76 bits per heavy atom. The molecule has 17 heavy (non-hydrogen) atoms. The fourth-order valence-corrected chi connectivity index (χ4v) is 0.699. The van der Waals surface area contributed by atoms with E-state index in [2.05, 4.69) is 5.32 Å². The zero-order valence-electron chi connectivity index (χ0n) is 11.2. The summed E-state index contributed by atoms with van der Waals surface area (Å²) in [5.74, 6) is -1.03. The largest absolute Gasteiger partial charge is 0.480 e. The van der Waals surface area contributed by atoms with Gasteiger partial charge >= 0.3 is 12.1 Å². The Balaban J connectivity index is 0. The molecule has 0 aliphatic carbocycles. The van der Waals surface area contributed by atoms with E-state index in [0.717, 1.165) is 0 Å². The molecule has 0 aromatic heterocycles. The Morgan fingerprint density at radius 3 is 2.18 bits per heavy atom. The number of carboxylic acid groups (broad SMARTS) is 1. The number of nitrogens with one attached hydrogen (secondary N) is 1. The van der Waals surface area contributed by atoms with Gasteiger partial charge in [-0.25, -0.2) is 9.59 Å². The molecule has 0 aliphatic heterocycles. The molecule has 0 aromatic carbocycles. The van der Waals surface area contributed by atoms with Gasteiger partial charge < -0.3 is 19.9 Å². The summed E-state index contributed by atoms with van der Waals surface area (Å²) in [5.41, 5.74) is -0.536. The minimum absolute atomic E-state index is 0.144. The molecule has 0 aliphatic rings. The highest BCUT2D eigenvalue weighted by Gasteiger charge is 2.15. The maximum atomic E-state index is 11.1. The van der Waals surface area contributed by atoms with E-state index < -0.39 is 17.7 Å². The average Bonchev–Trinajstić information content (AvgIpc) is 2.17. The van der Waals surface area contributed by atoms with Crippen LogP contribution in [-0.4, -0.2) is 42.5 Å². The Kier molecular flexibility index (Phi) is 10.5. The first-order valence-corrected chi connectivity index (χ1v) is 5.57. The number of aliphatic carboxylic acids is 1. The van der Waals surface area contributed by atoms with E-state index in [1.165, 1.54) is 0 Å². The quantitative estimate of drug-likeness (QED) is 0.723. The zero-order chi connectivity index (χ0) is 13.9. The third-order valence-corrected chi connectivity index (χ3v) is 1.14. The topological polar surface area (TPSA) is 84.9 Å². The van der Waals surface area contributed by atoms with Gasteiger partial charge in [0.2, 0.25) is 0 Å². The van der Waals surface area contributed by atoms with Crippen molar-refractivity contribution in [3.05, 3.63) is 0 Å². The van der Waals surface area contributed by atoms with Crippen molar-refractivity contribution in [1.29, 1.82) is 0 Å². The lowest BCUT2D eigenvalue weighted by molar-refractivity contribution is -0.142. The van der Waals surface area contributed by atoms with E-state index in [9.17, 15) is 9.59 Å². The molecule has 0 saturated heterocycles. The van der Waals surface area contributed by atoms with Crippen LogP contribution in [0.15, 0.2) is 0 Å². The third kappa shape index (κ3) is 17.3. The van der Waals surface area contributed by atoms with E-state index in [1.807, 2.05) is 13.8 Å². The molecule has 6 heteroatoms. The van der Waals surface area contributed by atoms with Crippen LogP contribution in [0.25, 0.3) is 0 Å². The molecule has 0 heterocycles. The van der Waals surface area contributed by atoms with Crippen LogP contribution in [0, 0.1) is 0 Å². The number of ether oxygens (including phenoxy) is 2. The van der Waals surface area contributed by atoms with E-state index in [0.29, 0.717) is 0 Å². The Labute approximate surface area is 102 Å². The maximum Gasteiger partial charge on any atom is 0.407 e. The van der Waals surface area contributed by atoms with Gasteiger partial charge in [-0.2, -0.15) is 0 Å². The first-order chi connectivity index (χ1) is 7.81. The number of rotatable bonds is 5. The van der Waals surface area contributed by atoms with Gasteiger partial charge in [0, 0.05) is 6.54 Å². The van der Waals surface area contributed by atoms with Gasteiger partial charge in [-0.15, -0.1) is 0 Å². The lowest BCUT2D eigenvalue weighted by atomic mass is 10.2. The summed E-state index contributed by atoms with van der Waals surface area (Å²) in [6.07, 6.45) is -0.540. The van der Waals surface area contributed by atoms with E-state index >= 15 is 0 Å². The first-order valence-electron chi connectivity index (χ1n) is 5.57. The molecular weight excluding hydrogens is 226 g/mol. The van der Waals surface area contributed by atoms with Crippen molar-refractivity contribution >= 4 is 12.1 Å². The summed E-state index contributed by atoms with van der Waals surface area (Å²) in [7, 11) is 0. The highest BCUT2D eigenvalue weighted by molar-refractivity contribution is 5.68. The van der Waals surface area contributed by atoms with Crippen molar-refractivity contribution in [2.75, 3.05) is 19.8 Å². The lowest BCUT2D eigenvalue weighted by Crippen LogP contribution is -2.34. The Morgan fingerprint density at radius 1 is 1.24 bits per heavy atom. The highest BCUT2D eigenvalue weighted by Crippen LogP contribution is 2.05. The van der Waals surface area contributed by atoms with Crippen LogP contribution in [0.1, 0.15) is 34.6 Å². The predicted octanol–water partition coefficient (Wildman–Crippen LogP) is 1.64. The molecule has 0 saturated carbocycles. The van der Waals surface area contributed by atoms with Gasteiger partial charge in [-0.05, 0) is 20.8 Å². The molecular formula is C11H23NO5. The van der Waals surface area contributed by atoms with Crippen molar-refractivity contribution in [3.63, 3.8) is 0 Å². The summed E-state index contributed by atoms with van der Waals surface area (Å²) in [6, 6.07) is 0. The van der Waals surface area contributed by atoms with Crippen LogP contribution in [0.2, 0.25) is 0 Å². The van der Waals surface area contributed by atoms with Gasteiger partial charge in [-0.1, -0.05) is 13.8 Å². The molecule has 6 nitrogen and oxygen atoms in total. The van der Waals surface area contributed by atoms with Gasteiger partial charge in [0.1, 0.15) is 12.2 Å². The van der Waals surface area contributed by atoms with Crippen LogP contribution >= 0.6 is 0 Å². The standard InChI is InChI=1S/C9H17NO5.C2H6/c1-9(2,3)15-8(13)10-4-5-14-6-7(11)12;1-2/h4-6H2,1-3H3,(H,10,13)(H,11,12);1-2H3. The van der Waals surface area contributed by atoms with Gasteiger partial charge in [0.15, 0.2) is 0 Å². The fourth-order valence-electron chi connectivity index (χ4n) is 0.699. The number of hydrogen-bond acceptors (Lipinski definition) is 4. The van der Waals surface area contributed by atoms with Crippen LogP contribution in [0.4, 0.5) is 4.79 Å². The van der Waals surface area contributed by atoms with Crippen LogP contribution < -0.4 is 5.32 Å². The number of carbonyl (C=O) groups is 2. The summed E-state index contributed by atoms with van der Waals surface area (Å²) in [6.45, 7) is 9.28. The smallest absolute Gasteiger partial charge is 0.407 e. The summed E-state index contributed by atoms with van der Waals surface area (Å²) in [5, 5.41) is 10.7. The second-order valence-corrected chi connectivity index (χ2v) is 3.87. The van der Waals surface area contributed by atoms with Crippen LogP contribution in [-0.2, 0) is 14.3 Å². The predicted molar refractivity (Wildman–Crippen MR) is 64.0 cm³/mol. The van der Waals surface area contributed by atoms with Crippen molar-refractivity contribution in [2.45, 2.75) is 40.2 Å². The lowest BCUT2D eigenvalue weighted by Gasteiger charge is -2.19. The average molecular weight is 249 g/mol. The van der Waals surface area contributed by atoms with Crippen molar-refractivity contribution in [2.24, 2.45) is 0 Å². The highest BCUT2D eigenvalue weighted by atomic mass is 16.6. The van der Waals surface area contributed by atoms with Crippen molar-refractivity contribution in [1.82, 2.24) is 5.32 Å². The van der Waals surface area contributed by atoms with Gasteiger partial charge in [0.25, 0.3) is 0 Å². The maximum absolute atomic E-state index is 11.1.